The molecule has 0 saturated carbocycles. The van der Waals surface area contributed by atoms with Gasteiger partial charge in [-0.15, -0.1) is 0 Å². The first-order valence-corrected chi connectivity index (χ1v) is 6.37. The van der Waals surface area contributed by atoms with Crippen molar-refractivity contribution in [3.63, 3.8) is 0 Å². The van der Waals surface area contributed by atoms with Crippen LogP contribution in [0.4, 0.5) is 0 Å². The van der Waals surface area contributed by atoms with Crippen LogP contribution in [-0.2, 0) is 11.2 Å². The van der Waals surface area contributed by atoms with Crippen molar-refractivity contribution >= 4 is 5.91 Å². The lowest BCUT2D eigenvalue weighted by molar-refractivity contribution is -0.124. The van der Waals surface area contributed by atoms with Crippen molar-refractivity contribution in [1.82, 2.24) is 5.32 Å². The number of para-hydroxylation sites is 1. The highest BCUT2D eigenvalue weighted by atomic mass is 16.5. The van der Waals surface area contributed by atoms with E-state index in [1.807, 2.05) is 38.1 Å². The Hall–Kier alpha value is -1.55. The summed E-state index contributed by atoms with van der Waals surface area (Å²) in [4.78, 5) is 11.6. The summed E-state index contributed by atoms with van der Waals surface area (Å²) in [5.74, 6) is 0.764. The molecule has 1 amide bonds. The van der Waals surface area contributed by atoms with Crippen molar-refractivity contribution in [2.24, 2.45) is 11.7 Å². The van der Waals surface area contributed by atoms with Crippen molar-refractivity contribution in [3.05, 3.63) is 29.8 Å². The number of ether oxygens (including phenoxy) is 1. The zero-order chi connectivity index (χ0) is 13.4. The topological polar surface area (TPSA) is 64.3 Å². The molecule has 0 aliphatic carbocycles. The lowest BCUT2D eigenvalue weighted by Crippen LogP contribution is -2.34. The van der Waals surface area contributed by atoms with E-state index >= 15 is 0 Å². The van der Waals surface area contributed by atoms with Gasteiger partial charge in [0.05, 0.1) is 6.61 Å². The average Bonchev–Trinajstić information content (AvgIpc) is 2.40. The number of amides is 1. The Kier molecular flexibility index (Phi) is 6.22. The Morgan fingerprint density at radius 1 is 1.44 bits per heavy atom. The standard InChI is InChI=1S/C14H22N2O2/c1-3-18-13-7-5-4-6-12(13)8-9-16-14(17)11(2)10-15/h4-7,11H,3,8-10,15H2,1-2H3,(H,16,17). The molecular weight excluding hydrogens is 228 g/mol. The summed E-state index contributed by atoms with van der Waals surface area (Å²) in [6, 6.07) is 7.89. The minimum absolute atomic E-state index is 0.00592. The van der Waals surface area contributed by atoms with Gasteiger partial charge < -0.3 is 15.8 Å². The average molecular weight is 250 g/mol. The van der Waals surface area contributed by atoms with Gasteiger partial charge in [-0.2, -0.15) is 0 Å². The molecule has 18 heavy (non-hydrogen) atoms. The first-order valence-electron chi connectivity index (χ1n) is 6.37. The zero-order valence-electron chi connectivity index (χ0n) is 11.1. The van der Waals surface area contributed by atoms with Crippen LogP contribution in [0.25, 0.3) is 0 Å². The van der Waals surface area contributed by atoms with Crippen molar-refractivity contribution in [2.45, 2.75) is 20.3 Å². The molecule has 0 aliphatic rings. The summed E-state index contributed by atoms with van der Waals surface area (Å²) in [6.07, 6.45) is 0.763. The van der Waals surface area contributed by atoms with Crippen LogP contribution >= 0.6 is 0 Å². The highest BCUT2D eigenvalue weighted by Crippen LogP contribution is 2.17. The molecule has 100 valence electrons. The normalized spacial score (nSPS) is 11.9. The maximum Gasteiger partial charge on any atom is 0.224 e. The number of hydrogen-bond donors (Lipinski definition) is 2. The molecule has 0 aromatic heterocycles. The van der Waals surface area contributed by atoms with E-state index in [9.17, 15) is 4.79 Å². The van der Waals surface area contributed by atoms with Gasteiger partial charge in [0.25, 0.3) is 0 Å². The van der Waals surface area contributed by atoms with Gasteiger partial charge in [0, 0.05) is 19.0 Å². The maximum atomic E-state index is 11.6. The highest BCUT2D eigenvalue weighted by molar-refractivity contribution is 5.78. The molecule has 0 spiro atoms. The van der Waals surface area contributed by atoms with E-state index < -0.39 is 0 Å². The van der Waals surface area contributed by atoms with E-state index in [0.717, 1.165) is 17.7 Å². The van der Waals surface area contributed by atoms with Gasteiger partial charge in [0.15, 0.2) is 0 Å². The van der Waals surface area contributed by atoms with Gasteiger partial charge >= 0.3 is 0 Å². The Morgan fingerprint density at radius 2 is 2.17 bits per heavy atom. The summed E-state index contributed by atoms with van der Waals surface area (Å²) in [5, 5.41) is 2.88. The fraction of sp³-hybridized carbons (Fsp3) is 0.500. The van der Waals surface area contributed by atoms with Crippen LogP contribution in [0, 0.1) is 5.92 Å². The zero-order valence-corrected chi connectivity index (χ0v) is 11.1. The van der Waals surface area contributed by atoms with Gasteiger partial charge in [0.1, 0.15) is 5.75 Å². The molecule has 1 aromatic rings. The molecular formula is C14H22N2O2. The molecule has 0 fully saturated rings. The predicted octanol–water partition coefficient (Wildman–Crippen LogP) is 1.34. The highest BCUT2D eigenvalue weighted by Gasteiger charge is 2.10. The molecule has 0 saturated heterocycles. The van der Waals surface area contributed by atoms with Crippen molar-refractivity contribution in [3.8, 4) is 5.75 Å². The van der Waals surface area contributed by atoms with Crippen LogP contribution in [0.1, 0.15) is 19.4 Å². The Morgan fingerprint density at radius 3 is 2.83 bits per heavy atom. The molecule has 0 bridgehead atoms. The second kappa shape index (κ2) is 7.71. The van der Waals surface area contributed by atoms with E-state index in [0.29, 0.717) is 19.7 Å². The van der Waals surface area contributed by atoms with E-state index in [4.69, 9.17) is 10.5 Å². The SMILES string of the molecule is CCOc1ccccc1CCNC(=O)C(C)CN. The van der Waals surface area contributed by atoms with Crippen LogP contribution in [0.3, 0.4) is 0 Å². The van der Waals surface area contributed by atoms with Gasteiger partial charge in [-0.3, -0.25) is 4.79 Å². The number of nitrogens with one attached hydrogen (secondary N) is 1. The van der Waals surface area contributed by atoms with Gasteiger partial charge in [-0.05, 0) is 25.0 Å². The minimum atomic E-state index is -0.132. The monoisotopic (exact) mass is 250 g/mol. The number of nitrogens with two attached hydrogens (primary N) is 1. The van der Waals surface area contributed by atoms with Crippen LogP contribution in [0.15, 0.2) is 24.3 Å². The molecule has 0 radical (unpaired) electrons. The first-order chi connectivity index (χ1) is 8.69. The number of carbonyl (C=O) groups excluding carboxylic acids is 1. The van der Waals surface area contributed by atoms with E-state index in [1.54, 1.807) is 0 Å². The quantitative estimate of drug-likeness (QED) is 0.767. The number of benzene rings is 1. The van der Waals surface area contributed by atoms with Crippen molar-refractivity contribution < 1.29 is 9.53 Å². The Bertz CT molecular complexity index is 380. The second-order valence-electron chi connectivity index (χ2n) is 4.22. The van der Waals surface area contributed by atoms with Gasteiger partial charge in [0.2, 0.25) is 5.91 Å². The smallest absolute Gasteiger partial charge is 0.224 e. The summed E-state index contributed by atoms with van der Waals surface area (Å²) in [6.45, 7) is 5.41. The fourth-order valence-electron chi connectivity index (χ4n) is 1.61. The Balaban J connectivity index is 2.46. The predicted molar refractivity (Wildman–Crippen MR) is 72.5 cm³/mol. The number of rotatable bonds is 7. The summed E-state index contributed by atoms with van der Waals surface area (Å²) in [5.41, 5.74) is 6.55. The molecule has 4 heteroatoms. The van der Waals surface area contributed by atoms with E-state index in [-0.39, 0.29) is 11.8 Å². The third-order valence-electron chi connectivity index (χ3n) is 2.77. The molecule has 1 rings (SSSR count). The molecule has 4 nitrogen and oxygen atoms in total. The van der Waals surface area contributed by atoms with Crippen LogP contribution in [0.5, 0.6) is 5.75 Å². The fourth-order valence-corrected chi connectivity index (χ4v) is 1.61. The third-order valence-corrected chi connectivity index (χ3v) is 2.77. The molecule has 3 N–H and O–H groups in total. The molecule has 1 atom stereocenters. The van der Waals surface area contributed by atoms with Crippen molar-refractivity contribution in [2.75, 3.05) is 19.7 Å². The van der Waals surface area contributed by atoms with E-state index in [2.05, 4.69) is 5.32 Å². The van der Waals surface area contributed by atoms with Crippen LogP contribution in [-0.4, -0.2) is 25.6 Å². The number of carbonyl (C=O) groups is 1. The first kappa shape index (κ1) is 14.5. The van der Waals surface area contributed by atoms with Crippen LogP contribution < -0.4 is 15.8 Å². The third kappa shape index (κ3) is 4.37. The summed E-state index contributed by atoms with van der Waals surface area (Å²) >= 11 is 0. The number of hydrogen-bond acceptors (Lipinski definition) is 3. The van der Waals surface area contributed by atoms with E-state index in [1.165, 1.54) is 0 Å². The summed E-state index contributed by atoms with van der Waals surface area (Å²) in [7, 11) is 0. The van der Waals surface area contributed by atoms with Crippen LogP contribution in [0.2, 0.25) is 0 Å². The van der Waals surface area contributed by atoms with Gasteiger partial charge in [-0.1, -0.05) is 25.1 Å². The Labute approximate surface area is 109 Å². The largest absolute Gasteiger partial charge is 0.494 e. The molecule has 0 heterocycles. The molecule has 1 aromatic carbocycles. The lowest BCUT2D eigenvalue weighted by atomic mass is 10.1. The van der Waals surface area contributed by atoms with Gasteiger partial charge in [-0.25, -0.2) is 0 Å². The molecule has 1 unspecified atom stereocenters. The summed E-state index contributed by atoms with van der Waals surface area (Å²) < 4.78 is 5.53. The molecule has 0 aliphatic heterocycles. The maximum absolute atomic E-state index is 11.6. The second-order valence-corrected chi connectivity index (χ2v) is 4.22. The van der Waals surface area contributed by atoms with Crippen molar-refractivity contribution in [1.29, 1.82) is 0 Å². The minimum Gasteiger partial charge on any atom is -0.494 e. The lowest BCUT2D eigenvalue weighted by Gasteiger charge is -2.12.